The third-order valence-corrected chi connectivity index (χ3v) is 4.02. The molecule has 0 saturated carbocycles. The van der Waals surface area contributed by atoms with Gasteiger partial charge in [0.15, 0.2) is 0 Å². The van der Waals surface area contributed by atoms with Crippen LogP contribution in [0.15, 0.2) is 36.5 Å². The van der Waals surface area contributed by atoms with Gasteiger partial charge in [-0.1, -0.05) is 25.1 Å². The number of amides is 1. The normalized spacial score (nSPS) is 15.6. The Morgan fingerprint density at radius 2 is 2.14 bits per heavy atom. The number of nitrogens with zero attached hydrogens (tertiary/aromatic N) is 3. The summed E-state index contributed by atoms with van der Waals surface area (Å²) in [5, 5.41) is 4.48. The molecule has 110 valence electrons. The summed E-state index contributed by atoms with van der Waals surface area (Å²) in [5.74, 6) is 0.0197. The predicted octanol–water partition coefficient (Wildman–Crippen LogP) is 1.35. The maximum Gasteiger partial charge on any atom is 0.226 e. The average Bonchev–Trinajstić information content (AvgIpc) is 2.97. The highest BCUT2D eigenvalue weighted by Crippen LogP contribution is 2.22. The molecular weight excluding hydrogens is 264 g/mol. The number of fused-ring (bicyclic) bond motifs is 1. The van der Waals surface area contributed by atoms with Gasteiger partial charge in [0, 0.05) is 37.5 Å². The van der Waals surface area contributed by atoms with Gasteiger partial charge in [-0.05, 0) is 12.1 Å². The summed E-state index contributed by atoms with van der Waals surface area (Å²) < 4.78 is 1.98. The van der Waals surface area contributed by atoms with Crippen molar-refractivity contribution in [3.8, 4) is 5.69 Å². The molecule has 1 aliphatic rings. The summed E-state index contributed by atoms with van der Waals surface area (Å²) in [7, 11) is 0. The van der Waals surface area contributed by atoms with E-state index in [1.165, 1.54) is 5.69 Å². The van der Waals surface area contributed by atoms with Crippen molar-refractivity contribution in [1.82, 2.24) is 14.7 Å². The molecule has 21 heavy (non-hydrogen) atoms. The topological polar surface area (TPSA) is 64.2 Å². The van der Waals surface area contributed by atoms with Gasteiger partial charge in [0.25, 0.3) is 0 Å². The number of rotatable bonds is 3. The Labute approximate surface area is 124 Å². The minimum absolute atomic E-state index is 0.115. The van der Waals surface area contributed by atoms with E-state index in [9.17, 15) is 4.79 Å². The third kappa shape index (κ3) is 2.56. The number of carbonyl (C=O) groups is 1. The van der Waals surface area contributed by atoms with Gasteiger partial charge in [0.1, 0.15) is 0 Å². The van der Waals surface area contributed by atoms with Crippen molar-refractivity contribution in [1.29, 1.82) is 0 Å². The average molecular weight is 284 g/mol. The molecule has 1 aliphatic heterocycles. The van der Waals surface area contributed by atoms with Gasteiger partial charge in [-0.25, -0.2) is 4.68 Å². The van der Waals surface area contributed by atoms with Crippen molar-refractivity contribution in [2.45, 2.75) is 19.9 Å². The van der Waals surface area contributed by atoms with Crippen LogP contribution in [0.5, 0.6) is 0 Å². The lowest BCUT2D eigenvalue weighted by atomic mass is 10.0. The van der Waals surface area contributed by atoms with Gasteiger partial charge in [-0.15, -0.1) is 0 Å². The van der Waals surface area contributed by atoms with Crippen molar-refractivity contribution >= 4 is 5.91 Å². The molecule has 1 aromatic carbocycles. The molecule has 1 unspecified atom stereocenters. The maximum absolute atomic E-state index is 12.2. The standard InChI is InChI=1S/C16H20N4O/c1-12(9-17)16(21)19-8-7-15-13(11-19)10-18-20(15)14-5-3-2-4-6-14/h2-6,10,12H,7-9,11,17H2,1H3. The highest BCUT2D eigenvalue weighted by atomic mass is 16.2. The summed E-state index contributed by atoms with van der Waals surface area (Å²) in [5.41, 5.74) is 8.98. The first-order valence-electron chi connectivity index (χ1n) is 7.30. The van der Waals surface area contributed by atoms with E-state index in [1.807, 2.05) is 53.0 Å². The number of hydrogen-bond acceptors (Lipinski definition) is 3. The van der Waals surface area contributed by atoms with Crippen LogP contribution in [0.25, 0.3) is 5.69 Å². The van der Waals surface area contributed by atoms with E-state index >= 15 is 0 Å². The molecule has 2 heterocycles. The maximum atomic E-state index is 12.2. The number of hydrogen-bond donors (Lipinski definition) is 1. The Balaban J connectivity index is 1.83. The van der Waals surface area contributed by atoms with E-state index in [1.54, 1.807) is 0 Å². The second kappa shape index (κ2) is 5.69. The molecule has 0 fully saturated rings. The predicted molar refractivity (Wildman–Crippen MR) is 80.9 cm³/mol. The fourth-order valence-corrected chi connectivity index (χ4v) is 2.72. The Hall–Kier alpha value is -2.14. The number of benzene rings is 1. The van der Waals surface area contributed by atoms with Gasteiger partial charge in [0.05, 0.1) is 17.6 Å². The van der Waals surface area contributed by atoms with E-state index in [2.05, 4.69) is 5.10 Å². The van der Waals surface area contributed by atoms with E-state index in [4.69, 9.17) is 5.73 Å². The highest BCUT2D eigenvalue weighted by molar-refractivity contribution is 5.79. The van der Waals surface area contributed by atoms with Crippen molar-refractivity contribution in [3.05, 3.63) is 47.8 Å². The summed E-state index contributed by atoms with van der Waals surface area (Å²) in [4.78, 5) is 14.1. The molecule has 1 aromatic heterocycles. The van der Waals surface area contributed by atoms with Gasteiger partial charge < -0.3 is 10.6 Å². The Morgan fingerprint density at radius 3 is 2.86 bits per heavy atom. The minimum atomic E-state index is -0.115. The highest BCUT2D eigenvalue weighted by Gasteiger charge is 2.26. The summed E-state index contributed by atoms with van der Waals surface area (Å²) >= 11 is 0. The zero-order valence-corrected chi connectivity index (χ0v) is 12.2. The van der Waals surface area contributed by atoms with Crippen LogP contribution in [0.4, 0.5) is 0 Å². The van der Waals surface area contributed by atoms with Gasteiger partial charge >= 0.3 is 0 Å². The molecule has 0 bridgehead atoms. The van der Waals surface area contributed by atoms with Crippen LogP contribution in [0.1, 0.15) is 18.2 Å². The van der Waals surface area contributed by atoms with Crippen molar-refractivity contribution < 1.29 is 4.79 Å². The van der Waals surface area contributed by atoms with Crippen LogP contribution in [0.2, 0.25) is 0 Å². The largest absolute Gasteiger partial charge is 0.338 e. The fraction of sp³-hybridized carbons (Fsp3) is 0.375. The van der Waals surface area contributed by atoms with E-state index < -0.39 is 0 Å². The lowest BCUT2D eigenvalue weighted by Crippen LogP contribution is -2.41. The van der Waals surface area contributed by atoms with Crippen LogP contribution in [-0.2, 0) is 17.8 Å². The second-order valence-corrected chi connectivity index (χ2v) is 5.51. The van der Waals surface area contributed by atoms with E-state index in [-0.39, 0.29) is 11.8 Å². The van der Waals surface area contributed by atoms with Crippen LogP contribution >= 0.6 is 0 Å². The zero-order chi connectivity index (χ0) is 14.8. The van der Waals surface area contributed by atoms with Gasteiger partial charge in [0.2, 0.25) is 5.91 Å². The van der Waals surface area contributed by atoms with E-state index in [0.717, 1.165) is 24.2 Å². The number of nitrogens with two attached hydrogens (primary N) is 1. The third-order valence-electron chi connectivity index (χ3n) is 4.02. The van der Waals surface area contributed by atoms with Gasteiger partial charge in [-0.3, -0.25) is 4.79 Å². The molecule has 2 aromatic rings. The summed E-state index contributed by atoms with van der Waals surface area (Å²) in [6, 6.07) is 10.1. The molecule has 3 rings (SSSR count). The smallest absolute Gasteiger partial charge is 0.226 e. The summed E-state index contributed by atoms with van der Waals surface area (Å²) in [6.07, 6.45) is 2.70. The molecule has 0 spiro atoms. The Bertz CT molecular complexity index is 635. The van der Waals surface area contributed by atoms with Crippen LogP contribution in [-0.4, -0.2) is 33.7 Å². The SMILES string of the molecule is CC(CN)C(=O)N1CCc2c(cnn2-c2ccccc2)C1. The molecule has 2 N–H and O–H groups in total. The summed E-state index contributed by atoms with van der Waals surface area (Å²) in [6.45, 7) is 3.64. The first kappa shape index (κ1) is 13.8. The van der Waals surface area contributed by atoms with Gasteiger partial charge in [-0.2, -0.15) is 5.10 Å². The van der Waals surface area contributed by atoms with Crippen molar-refractivity contribution in [2.75, 3.05) is 13.1 Å². The monoisotopic (exact) mass is 284 g/mol. The quantitative estimate of drug-likeness (QED) is 0.925. The molecular formula is C16H20N4O. The number of para-hydroxylation sites is 1. The van der Waals surface area contributed by atoms with Crippen molar-refractivity contribution in [3.63, 3.8) is 0 Å². The number of carbonyl (C=O) groups excluding carboxylic acids is 1. The second-order valence-electron chi connectivity index (χ2n) is 5.51. The molecule has 0 aliphatic carbocycles. The van der Waals surface area contributed by atoms with E-state index in [0.29, 0.717) is 13.1 Å². The molecule has 1 amide bonds. The van der Waals surface area contributed by atoms with Crippen LogP contribution in [0.3, 0.4) is 0 Å². The first-order chi connectivity index (χ1) is 10.2. The van der Waals surface area contributed by atoms with Crippen LogP contribution < -0.4 is 5.73 Å². The lowest BCUT2D eigenvalue weighted by molar-refractivity contribution is -0.135. The number of aromatic nitrogens is 2. The fourth-order valence-electron chi connectivity index (χ4n) is 2.72. The Morgan fingerprint density at radius 1 is 1.38 bits per heavy atom. The first-order valence-corrected chi connectivity index (χ1v) is 7.30. The molecule has 5 nitrogen and oxygen atoms in total. The molecule has 1 atom stereocenters. The van der Waals surface area contributed by atoms with Crippen LogP contribution in [0, 0.1) is 5.92 Å². The zero-order valence-electron chi connectivity index (χ0n) is 12.2. The molecule has 5 heteroatoms. The lowest BCUT2D eigenvalue weighted by Gasteiger charge is -2.29. The molecule has 0 radical (unpaired) electrons. The molecule has 0 saturated heterocycles. The Kier molecular flexibility index (Phi) is 3.75. The van der Waals surface area contributed by atoms with Crippen molar-refractivity contribution in [2.24, 2.45) is 11.7 Å². The minimum Gasteiger partial charge on any atom is -0.338 e.